The molecule has 2 nitrogen and oxygen atoms in total. The summed E-state index contributed by atoms with van der Waals surface area (Å²) in [6, 6.07) is 3.18. The Bertz CT molecular complexity index is 331. The van der Waals surface area contributed by atoms with Gasteiger partial charge in [-0.25, -0.2) is 0 Å². The van der Waals surface area contributed by atoms with Gasteiger partial charge in [0.15, 0.2) is 0 Å². The van der Waals surface area contributed by atoms with Gasteiger partial charge in [0, 0.05) is 16.3 Å². The summed E-state index contributed by atoms with van der Waals surface area (Å²) >= 11 is 15.7. The molecule has 0 heterocycles. The summed E-state index contributed by atoms with van der Waals surface area (Å²) in [6.45, 7) is 0. The fourth-order valence-electron chi connectivity index (χ4n) is 1.14. The first-order valence-electron chi connectivity index (χ1n) is 3.92. The van der Waals surface area contributed by atoms with Gasteiger partial charge in [0.05, 0.1) is 18.2 Å². The van der Waals surface area contributed by atoms with E-state index in [2.05, 4.69) is 12.6 Å². The van der Waals surface area contributed by atoms with Crippen molar-refractivity contribution in [3.63, 3.8) is 0 Å². The summed E-state index contributed by atoms with van der Waals surface area (Å²) in [5, 5.41) is 10.5. The molecule has 0 fully saturated rings. The van der Waals surface area contributed by atoms with Crippen LogP contribution >= 0.6 is 35.8 Å². The number of thiol groups is 1. The molecule has 0 aliphatic rings. The number of benzene rings is 1. The van der Waals surface area contributed by atoms with E-state index in [1.165, 1.54) is 7.11 Å². The van der Waals surface area contributed by atoms with Gasteiger partial charge in [0.25, 0.3) is 0 Å². The topological polar surface area (TPSA) is 29.5 Å². The van der Waals surface area contributed by atoms with Gasteiger partial charge < -0.3 is 9.84 Å². The van der Waals surface area contributed by atoms with Crippen LogP contribution in [0.1, 0.15) is 11.7 Å². The highest BCUT2D eigenvalue weighted by atomic mass is 35.5. The van der Waals surface area contributed by atoms with Crippen molar-refractivity contribution in [1.29, 1.82) is 0 Å². The zero-order chi connectivity index (χ0) is 10.7. The van der Waals surface area contributed by atoms with Crippen LogP contribution in [0.3, 0.4) is 0 Å². The smallest absolute Gasteiger partial charge is 0.143 e. The Hall–Kier alpha value is -0.0900. The molecule has 0 amide bonds. The second-order valence-electron chi connectivity index (χ2n) is 2.71. The fourth-order valence-corrected chi connectivity index (χ4v) is 1.92. The van der Waals surface area contributed by atoms with Crippen LogP contribution in [-0.2, 0) is 0 Å². The molecule has 1 N–H and O–H groups in total. The van der Waals surface area contributed by atoms with Crippen LogP contribution in [0.25, 0.3) is 0 Å². The summed E-state index contributed by atoms with van der Waals surface area (Å²) in [7, 11) is 1.49. The molecule has 0 aliphatic heterocycles. The van der Waals surface area contributed by atoms with Gasteiger partial charge in [0.2, 0.25) is 0 Å². The average Bonchev–Trinajstić information content (AvgIpc) is 2.15. The SMILES string of the molecule is COc1c(Cl)cc(Cl)cc1C(O)CS. The lowest BCUT2D eigenvalue weighted by molar-refractivity contribution is 0.199. The summed E-state index contributed by atoms with van der Waals surface area (Å²) < 4.78 is 5.07. The van der Waals surface area contributed by atoms with Crippen molar-refractivity contribution < 1.29 is 9.84 Å². The van der Waals surface area contributed by atoms with Crippen LogP contribution in [0.5, 0.6) is 5.75 Å². The maximum Gasteiger partial charge on any atom is 0.143 e. The molecule has 0 bridgehead atoms. The molecule has 1 aromatic carbocycles. The lowest BCUT2D eigenvalue weighted by Crippen LogP contribution is -2.02. The second kappa shape index (κ2) is 5.12. The average molecular weight is 253 g/mol. The molecule has 0 radical (unpaired) electrons. The number of halogens is 2. The number of hydrogen-bond donors (Lipinski definition) is 2. The van der Waals surface area contributed by atoms with Crippen LogP contribution in [0, 0.1) is 0 Å². The minimum atomic E-state index is -0.732. The van der Waals surface area contributed by atoms with Crippen molar-refractivity contribution in [3.05, 3.63) is 27.7 Å². The predicted molar refractivity (Wildman–Crippen MR) is 61.8 cm³/mol. The maximum absolute atomic E-state index is 9.62. The molecule has 78 valence electrons. The Morgan fingerprint density at radius 3 is 2.64 bits per heavy atom. The van der Waals surface area contributed by atoms with Gasteiger partial charge in [-0.2, -0.15) is 12.6 Å². The standard InChI is InChI=1S/C9H10Cl2O2S/c1-13-9-6(8(12)4-14)2-5(10)3-7(9)11/h2-3,8,12,14H,4H2,1H3. The molecule has 14 heavy (non-hydrogen) atoms. The lowest BCUT2D eigenvalue weighted by Gasteiger charge is -2.14. The van der Waals surface area contributed by atoms with E-state index in [1.54, 1.807) is 12.1 Å². The Morgan fingerprint density at radius 1 is 1.50 bits per heavy atom. The van der Waals surface area contributed by atoms with Gasteiger partial charge in [0.1, 0.15) is 5.75 Å². The summed E-state index contributed by atoms with van der Waals surface area (Å²) in [5.74, 6) is 0.727. The Balaban J connectivity index is 3.24. The van der Waals surface area contributed by atoms with E-state index in [9.17, 15) is 5.11 Å². The zero-order valence-corrected chi connectivity index (χ0v) is 9.90. The molecule has 1 aromatic rings. The molecule has 1 rings (SSSR count). The Labute approximate surface area is 98.2 Å². The van der Waals surface area contributed by atoms with Gasteiger partial charge in [-0.1, -0.05) is 23.2 Å². The van der Waals surface area contributed by atoms with Crippen molar-refractivity contribution in [3.8, 4) is 5.75 Å². The summed E-state index contributed by atoms with van der Waals surface area (Å²) in [6.07, 6.45) is -0.732. The molecule has 1 atom stereocenters. The Morgan fingerprint density at radius 2 is 2.14 bits per heavy atom. The van der Waals surface area contributed by atoms with Crippen molar-refractivity contribution in [2.24, 2.45) is 0 Å². The van der Waals surface area contributed by atoms with E-state index in [-0.39, 0.29) is 5.75 Å². The van der Waals surface area contributed by atoms with E-state index >= 15 is 0 Å². The number of hydrogen-bond acceptors (Lipinski definition) is 3. The monoisotopic (exact) mass is 252 g/mol. The van der Waals surface area contributed by atoms with Crippen LogP contribution in [0.4, 0.5) is 0 Å². The van der Waals surface area contributed by atoms with Crippen LogP contribution in [0.15, 0.2) is 12.1 Å². The molecule has 0 saturated heterocycles. The number of ether oxygens (including phenoxy) is 1. The molecule has 0 saturated carbocycles. The van der Waals surface area contributed by atoms with Gasteiger partial charge >= 0.3 is 0 Å². The third-order valence-corrected chi connectivity index (χ3v) is 2.62. The summed E-state index contributed by atoms with van der Waals surface area (Å²) in [4.78, 5) is 0. The van der Waals surface area contributed by atoms with Crippen LogP contribution < -0.4 is 4.74 Å². The third kappa shape index (κ3) is 2.48. The van der Waals surface area contributed by atoms with E-state index in [1.807, 2.05) is 0 Å². The van der Waals surface area contributed by atoms with Crippen molar-refractivity contribution in [2.45, 2.75) is 6.10 Å². The molecular formula is C9H10Cl2O2S. The molecule has 0 spiro atoms. The number of methoxy groups -OCH3 is 1. The fraction of sp³-hybridized carbons (Fsp3) is 0.333. The van der Waals surface area contributed by atoms with Crippen molar-refractivity contribution in [2.75, 3.05) is 12.9 Å². The number of rotatable bonds is 3. The zero-order valence-electron chi connectivity index (χ0n) is 7.50. The van der Waals surface area contributed by atoms with Gasteiger partial charge in [-0.15, -0.1) is 0 Å². The van der Waals surface area contributed by atoms with E-state index in [4.69, 9.17) is 27.9 Å². The van der Waals surface area contributed by atoms with Crippen molar-refractivity contribution >= 4 is 35.8 Å². The predicted octanol–water partition coefficient (Wildman–Crippen LogP) is 2.97. The first-order valence-corrected chi connectivity index (χ1v) is 5.30. The summed E-state index contributed by atoms with van der Waals surface area (Å²) in [5.41, 5.74) is 0.556. The number of aliphatic hydroxyl groups is 1. The normalized spacial score (nSPS) is 12.6. The minimum absolute atomic E-state index is 0.285. The molecular weight excluding hydrogens is 243 g/mol. The number of aliphatic hydroxyl groups excluding tert-OH is 1. The molecule has 0 aliphatic carbocycles. The highest BCUT2D eigenvalue weighted by Crippen LogP contribution is 2.35. The van der Waals surface area contributed by atoms with Gasteiger partial charge in [-0.05, 0) is 12.1 Å². The molecule has 1 unspecified atom stereocenters. The van der Waals surface area contributed by atoms with Crippen LogP contribution in [0.2, 0.25) is 10.0 Å². The van der Waals surface area contributed by atoms with E-state index in [0.717, 1.165) is 0 Å². The van der Waals surface area contributed by atoms with E-state index < -0.39 is 6.10 Å². The molecule has 5 heteroatoms. The van der Waals surface area contributed by atoms with Crippen LogP contribution in [-0.4, -0.2) is 18.0 Å². The quantitative estimate of drug-likeness (QED) is 0.811. The van der Waals surface area contributed by atoms with Gasteiger partial charge in [-0.3, -0.25) is 0 Å². The lowest BCUT2D eigenvalue weighted by atomic mass is 10.1. The highest BCUT2D eigenvalue weighted by Gasteiger charge is 2.15. The maximum atomic E-state index is 9.62. The first-order chi connectivity index (χ1) is 6.60. The third-order valence-electron chi connectivity index (χ3n) is 1.77. The largest absolute Gasteiger partial charge is 0.495 e. The minimum Gasteiger partial charge on any atom is -0.495 e. The van der Waals surface area contributed by atoms with Crippen molar-refractivity contribution in [1.82, 2.24) is 0 Å². The second-order valence-corrected chi connectivity index (χ2v) is 3.92. The molecule has 0 aromatic heterocycles. The first kappa shape index (κ1) is 12.0. The van der Waals surface area contributed by atoms with E-state index in [0.29, 0.717) is 21.4 Å². The Kier molecular flexibility index (Phi) is 4.38. The highest BCUT2D eigenvalue weighted by molar-refractivity contribution is 7.80.